The van der Waals surface area contributed by atoms with E-state index in [0.717, 1.165) is 0 Å². The summed E-state index contributed by atoms with van der Waals surface area (Å²) in [6.45, 7) is 4.55. The monoisotopic (exact) mass is 220 g/mol. The molecule has 0 rings (SSSR count). The number of hydrogen-bond donors (Lipinski definition) is 0. The largest absolute Gasteiger partial charge is 0.107 e. The van der Waals surface area contributed by atoms with Gasteiger partial charge in [-0.3, -0.25) is 0 Å². The Morgan fingerprint density at radius 2 is 2.25 bits per heavy atom. The van der Waals surface area contributed by atoms with Gasteiger partial charge in [-0.1, -0.05) is 23.1 Å². The molecular weight excluding hydrogens is 210 g/mol. The van der Waals surface area contributed by atoms with Crippen LogP contribution in [0.25, 0.3) is 0 Å². The summed E-state index contributed by atoms with van der Waals surface area (Å²) in [5, 5.41) is 0. The fraction of sp³-hybridized carbons (Fsp3) is 1.00. The Hall–Kier alpha value is 2.32. The average molecular weight is 220 g/mol. The van der Waals surface area contributed by atoms with Gasteiger partial charge in [-0.05, 0) is 28.8 Å². The van der Waals surface area contributed by atoms with Crippen molar-refractivity contribution in [2.24, 2.45) is 0 Å². The van der Waals surface area contributed by atoms with E-state index < -0.39 is 0 Å². The molecule has 0 aromatic carbocycles. The van der Waals surface area contributed by atoms with Gasteiger partial charge in [0, 0.05) is 0 Å². The predicted molar refractivity (Wildman–Crippen MR) is 58.9 cm³/mol. The third-order valence-electron chi connectivity index (χ3n) is 0.376. The van der Waals surface area contributed by atoms with Crippen LogP contribution in [0.5, 0.6) is 0 Å². The number of hydrogen-bond acceptors (Lipinski definition) is 0. The van der Waals surface area contributed by atoms with Crippen molar-refractivity contribution in [3.8, 4) is 0 Å². The van der Waals surface area contributed by atoms with E-state index in [4.69, 9.17) is 0 Å². The molecule has 0 spiro atoms. The minimum atomic E-state index is 0.333. The van der Waals surface area contributed by atoms with Gasteiger partial charge in [0.25, 0.3) is 0 Å². The summed E-state index contributed by atoms with van der Waals surface area (Å²) in [4.78, 5) is 0. The lowest BCUT2D eigenvalue weighted by molar-refractivity contribution is 2.50. The first kappa shape index (κ1) is 10.3. The molecule has 4 atom stereocenters. The molecule has 8 heavy (non-hydrogen) atoms. The Morgan fingerprint density at radius 3 is 2.62 bits per heavy atom. The molecule has 0 saturated heterocycles. The fourth-order valence-electron chi connectivity index (χ4n) is 0.151. The third-order valence-corrected chi connectivity index (χ3v) is 19.0. The molecule has 0 bridgehead atoms. The third kappa shape index (κ3) is 8.32. The summed E-state index contributed by atoms with van der Waals surface area (Å²) in [5.74, 6) is 0. The molecule has 0 nitrogen and oxygen atoms in total. The van der Waals surface area contributed by atoms with Gasteiger partial charge >= 0.3 is 0 Å². The number of rotatable bonds is 3. The van der Waals surface area contributed by atoms with Crippen molar-refractivity contribution in [3.05, 3.63) is 0 Å². The van der Waals surface area contributed by atoms with Crippen LogP contribution in [-0.4, -0.2) is 13.3 Å². The van der Waals surface area contributed by atoms with E-state index >= 15 is 0 Å². The van der Waals surface area contributed by atoms with Gasteiger partial charge in [0.15, 0.2) is 0 Å². The standard InChI is InChI=1S/C2H10P6/c1-4-5-6-7-8(2)3/h6-7H,3H2,1-2H3/t8-/m0/s1. The topological polar surface area (TPSA) is 0 Å². The molecule has 48 valence electrons. The van der Waals surface area contributed by atoms with Gasteiger partial charge < -0.3 is 0 Å². The highest BCUT2D eigenvalue weighted by Gasteiger charge is 1.86. The van der Waals surface area contributed by atoms with Crippen molar-refractivity contribution >= 4 is 47.6 Å². The van der Waals surface area contributed by atoms with Crippen LogP contribution in [-0.2, 0) is 0 Å². The smallest absolute Gasteiger partial charge is 0.0180 e. The lowest BCUT2D eigenvalue weighted by atomic mass is 12.0. The molecule has 0 aliphatic rings. The minimum Gasteiger partial charge on any atom is -0.107 e. The van der Waals surface area contributed by atoms with E-state index in [2.05, 4.69) is 22.3 Å². The van der Waals surface area contributed by atoms with Crippen LogP contribution in [0.2, 0.25) is 0 Å². The molecular formula is C2H10P6. The molecule has 0 fully saturated rings. The molecule has 0 N–H and O–H groups in total. The molecule has 0 aromatic heterocycles. The first-order chi connectivity index (χ1) is 3.77. The first-order valence-corrected chi connectivity index (χ1v) is 13.1. The van der Waals surface area contributed by atoms with Crippen LogP contribution in [0.3, 0.4) is 0 Å². The minimum absolute atomic E-state index is 0.333. The summed E-state index contributed by atoms with van der Waals surface area (Å²) in [6, 6.07) is 0. The van der Waals surface area contributed by atoms with E-state index in [1.807, 2.05) is 0 Å². The molecule has 0 aliphatic heterocycles. The van der Waals surface area contributed by atoms with Gasteiger partial charge in [-0.25, -0.2) is 0 Å². The van der Waals surface area contributed by atoms with Gasteiger partial charge in [-0.15, -0.1) is 8.93 Å². The highest BCUT2D eigenvalue weighted by Crippen LogP contribution is 2.72. The van der Waals surface area contributed by atoms with Gasteiger partial charge in [0.05, 0.1) is 0 Å². The molecule has 0 radical (unpaired) electrons. The maximum atomic E-state index is 2.90. The van der Waals surface area contributed by atoms with Crippen molar-refractivity contribution in [3.63, 3.8) is 0 Å². The second-order valence-electron chi connectivity index (χ2n) is 1.13. The SMILES string of the molecule is CP=PPP[P@@](C)P. The summed E-state index contributed by atoms with van der Waals surface area (Å²) in [5.41, 5.74) is 0. The molecule has 0 saturated carbocycles. The van der Waals surface area contributed by atoms with Crippen molar-refractivity contribution < 1.29 is 0 Å². The Balaban J connectivity index is 2.93. The fourth-order valence-corrected chi connectivity index (χ4v) is 20.5. The molecule has 3 unspecified atom stereocenters. The van der Waals surface area contributed by atoms with Crippen molar-refractivity contribution in [1.29, 1.82) is 0 Å². The highest BCUT2D eigenvalue weighted by molar-refractivity contribution is 8.73. The zero-order valence-corrected chi connectivity index (χ0v) is 10.8. The molecule has 0 amide bonds. The van der Waals surface area contributed by atoms with Crippen LogP contribution in [0.1, 0.15) is 0 Å². The zero-order valence-electron chi connectivity index (χ0n) is 4.92. The zero-order chi connectivity index (χ0) is 6.41. The Kier molecular flexibility index (Phi) is 9.58. The van der Waals surface area contributed by atoms with Crippen LogP contribution >= 0.6 is 47.6 Å². The first-order valence-electron chi connectivity index (χ1n) is 2.05. The van der Waals surface area contributed by atoms with Crippen LogP contribution in [0, 0.1) is 0 Å². The quantitative estimate of drug-likeness (QED) is 0.617. The maximum Gasteiger partial charge on any atom is -0.0180 e. The Bertz CT molecular complexity index is 66.9. The van der Waals surface area contributed by atoms with E-state index in [0.29, 0.717) is 7.30 Å². The second-order valence-corrected chi connectivity index (χ2v) is 18.4. The summed E-state index contributed by atoms with van der Waals surface area (Å²) < 4.78 is 0. The summed E-state index contributed by atoms with van der Waals surface area (Å²) >= 11 is 0. The Labute approximate surface area is 61.3 Å². The Morgan fingerprint density at radius 1 is 1.62 bits per heavy atom. The normalized spacial score (nSPS) is 17.9. The lowest BCUT2D eigenvalue weighted by Crippen LogP contribution is -1.25. The molecule has 0 heterocycles. The van der Waals surface area contributed by atoms with E-state index in [-0.39, 0.29) is 0 Å². The van der Waals surface area contributed by atoms with Gasteiger partial charge in [0.1, 0.15) is 0 Å². The molecule has 6 heteroatoms. The predicted octanol–water partition coefficient (Wildman–Crippen LogP) is 4.43. The van der Waals surface area contributed by atoms with Crippen molar-refractivity contribution in [2.45, 2.75) is 0 Å². The average Bonchev–Trinajstić information content (AvgIpc) is 1.66. The van der Waals surface area contributed by atoms with E-state index in [1.165, 1.54) is 15.9 Å². The summed E-state index contributed by atoms with van der Waals surface area (Å²) in [6.07, 6.45) is 0. The van der Waals surface area contributed by atoms with Crippen LogP contribution in [0.4, 0.5) is 0 Å². The van der Waals surface area contributed by atoms with Crippen molar-refractivity contribution in [1.82, 2.24) is 0 Å². The molecule has 0 aliphatic carbocycles. The maximum absolute atomic E-state index is 2.90. The highest BCUT2D eigenvalue weighted by atomic mass is 32.7. The van der Waals surface area contributed by atoms with E-state index in [1.54, 1.807) is 15.4 Å². The van der Waals surface area contributed by atoms with Crippen molar-refractivity contribution in [2.75, 3.05) is 13.3 Å². The van der Waals surface area contributed by atoms with Crippen LogP contribution < -0.4 is 0 Å². The lowest BCUT2D eigenvalue weighted by Gasteiger charge is -1.98. The molecule has 0 aromatic rings. The van der Waals surface area contributed by atoms with Gasteiger partial charge in [-0.2, -0.15) is 0 Å². The van der Waals surface area contributed by atoms with Gasteiger partial charge in [0.2, 0.25) is 0 Å². The summed E-state index contributed by atoms with van der Waals surface area (Å²) in [7, 11) is 8.86. The van der Waals surface area contributed by atoms with E-state index in [9.17, 15) is 0 Å². The van der Waals surface area contributed by atoms with Crippen LogP contribution in [0.15, 0.2) is 0 Å². The second kappa shape index (κ2) is 7.43.